The summed E-state index contributed by atoms with van der Waals surface area (Å²) in [7, 11) is 0. The van der Waals surface area contributed by atoms with Gasteiger partial charge in [-0.05, 0) is 48.4 Å². The van der Waals surface area contributed by atoms with E-state index < -0.39 is 17.8 Å². The average Bonchev–Trinajstić information content (AvgIpc) is 2.57. The largest absolute Gasteiger partial charge is 0.478 e. The Hall–Kier alpha value is -3.19. The lowest BCUT2D eigenvalue weighted by molar-refractivity contribution is -0.136. The van der Waals surface area contributed by atoms with Crippen molar-refractivity contribution in [1.82, 2.24) is 5.43 Å². The highest BCUT2D eigenvalue weighted by Gasteiger charge is 2.14. The first-order chi connectivity index (χ1) is 11.9. The third-order valence-corrected chi connectivity index (χ3v) is 3.42. The maximum atomic E-state index is 11.8. The van der Waals surface area contributed by atoms with Gasteiger partial charge in [0.1, 0.15) is 0 Å². The van der Waals surface area contributed by atoms with Crippen molar-refractivity contribution in [3.63, 3.8) is 0 Å². The second kappa shape index (κ2) is 8.07. The van der Waals surface area contributed by atoms with E-state index in [0.29, 0.717) is 16.3 Å². The van der Waals surface area contributed by atoms with Crippen LogP contribution in [-0.2, 0) is 9.59 Å². The minimum Gasteiger partial charge on any atom is -0.478 e. The third-order valence-electron chi connectivity index (χ3n) is 3.18. The Labute approximate surface area is 148 Å². The quantitative estimate of drug-likeness (QED) is 0.442. The highest BCUT2D eigenvalue weighted by molar-refractivity contribution is 6.39. The van der Waals surface area contributed by atoms with E-state index in [1.807, 2.05) is 0 Å². The number of aromatic carboxylic acids is 1. The highest BCUT2D eigenvalue weighted by Crippen LogP contribution is 2.19. The molecule has 2 rings (SSSR count). The monoisotopic (exact) mass is 359 g/mol. The zero-order valence-electron chi connectivity index (χ0n) is 13.1. The number of hydrogen-bond acceptors (Lipinski definition) is 4. The molecule has 7 nitrogen and oxygen atoms in total. The van der Waals surface area contributed by atoms with Gasteiger partial charge in [0.15, 0.2) is 0 Å². The molecule has 2 aromatic rings. The topological polar surface area (TPSA) is 108 Å². The fourth-order valence-electron chi connectivity index (χ4n) is 1.87. The van der Waals surface area contributed by atoms with Gasteiger partial charge >= 0.3 is 17.8 Å². The molecule has 0 saturated heterocycles. The van der Waals surface area contributed by atoms with E-state index in [2.05, 4.69) is 15.8 Å². The molecule has 0 aromatic heterocycles. The van der Waals surface area contributed by atoms with Crippen molar-refractivity contribution in [3.8, 4) is 0 Å². The molecule has 0 aliphatic carbocycles. The molecule has 0 aliphatic heterocycles. The Morgan fingerprint density at radius 2 is 1.76 bits per heavy atom. The molecule has 0 heterocycles. The second-order valence-corrected chi connectivity index (χ2v) is 5.48. The first kappa shape index (κ1) is 18.2. The first-order valence-corrected chi connectivity index (χ1v) is 7.48. The molecule has 0 saturated carbocycles. The summed E-state index contributed by atoms with van der Waals surface area (Å²) < 4.78 is 0. The van der Waals surface area contributed by atoms with Crippen molar-refractivity contribution in [1.29, 1.82) is 0 Å². The molecule has 0 bridgehead atoms. The zero-order chi connectivity index (χ0) is 18.4. The van der Waals surface area contributed by atoms with E-state index in [9.17, 15) is 14.4 Å². The standard InChI is InChI=1S/C17H14ClN3O4/c1-10-8-13(18)6-7-14(10)20-15(22)16(23)21-19-9-11-2-4-12(5-3-11)17(24)25/h2-9H,1H3,(H,20,22)(H,21,23)(H,24,25)/b19-9+. The molecule has 128 valence electrons. The van der Waals surface area contributed by atoms with Crippen LogP contribution in [0.2, 0.25) is 5.02 Å². The van der Waals surface area contributed by atoms with Crippen molar-refractivity contribution >= 4 is 41.3 Å². The van der Waals surface area contributed by atoms with Gasteiger partial charge < -0.3 is 10.4 Å². The number of carboxylic acids is 1. The van der Waals surface area contributed by atoms with Crippen LogP contribution in [0.1, 0.15) is 21.5 Å². The summed E-state index contributed by atoms with van der Waals surface area (Å²) in [6, 6.07) is 10.7. The van der Waals surface area contributed by atoms with Gasteiger partial charge in [0.25, 0.3) is 0 Å². The summed E-state index contributed by atoms with van der Waals surface area (Å²) in [4.78, 5) is 34.3. The number of hydrogen-bond donors (Lipinski definition) is 3. The first-order valence-electron chi connectivity index (χ1n) is 7.10. The number of amides is 2. The van der Waals surface area contributed by atoms with Gasteiger partial charge in [0.2, 0.25) is 0 Å². The maximum absolute atomic E-state index is 11.8. The van der Waals surface area contributed by atoms with Crippen LogP contribution in [0, 0.1) is 6.92 Å². The van der Waals surface area contributed by atoms with Crippen molar-refractivity contribution in [3.05, 3.63) is 64.2 Å². The summed E-state index contributed by atoms with van der Waals surface area (Å²) in [6.45, 7) is 1.75. The molecule has 0 unspecified atom stereocenters. The van der Waals surface area contributed by atoms with Gasteiger partial charge in [0, 0.05) is 10.7 Å². The predicted molar refractivity (Wildman–Crippen MR) is 94.0 cm³/mol. The van der Waals surface area contributed by atoms with Crippen LogP contribution < -0.4 is 10.7 Å². The van der Waals surface area contributed by atoms with Gasteiger partial charge in [-0.1, -0.05) is 23.7 Å². The number of nitrogens with one attached hydrogen (secondary N) is 2. The number of hydrazone groups is 1. The van der Waals surface area contributed by atoms with E-state index in [1.54, 1.807) is 25.1 Å². The Kier molecular flexibility index (Phi) is 5.86. The number of aryl methyl sites for hydroxylation is 1. The molecule has 0 atom stereocenters. The molecule has 3 N–H and O–H groups in total. The van der Waals surface area contributed by atoms with Crippen molar-refractivity contribution in [2.24, 2.45) is 5.10 Å². The second-order valence-electron chi connectivity index (χ2n) is 5.04. The predicted octanol–water partition coefficient (Wildman–Crippen LogP) is 2.44. The number of anilines is 1. The number of nitrogens with zero attached hydrogens (tertiary/aromatic N) is 1. The van der Waals surface area contributed by atoms with Gasteiger partial charge in [0.05, 0.1) is 11.8 Å². The molecule has 2 aromatic carbocycles. The molecule has 2 amide bonds. The lowest BCUT2D eigenvalue weighted by Gasteiger charge is -2.07. The normalized spacial score (nSPS) is 10.5. The smallest absolute Gasteiger partial charge is 0.335 e. The van der Waals surface area contributed by atoms with E-state index in [1.165, 1.54) is 30.5 Å². The molecule has 0 fully saturated rings. The molecule has 0 radical (unpaired) electrons. The molecular formula is C17H14ClN3O4. The van der Waals surface area contributed by atoms with E-state index in [-0.39, 0.29) is 5.56 Å². The van der Waals surface area contributed by atoms with Crippen LogP contribution in [0.3, 0.4) is 0 Å². The van der Waals surface area contributed by atoms with Crippen LogP contribution in [0.5, 0.6) is 0 Å². The molecule has 25 heavy (non-hydrogen) atoms. The van der Waals surface area contributed by atoms with Crippen LogP contribution in [0.4, 0.5) is 5.69 Å². The maximum Gasteiger partial charge on any atom is 0.335 e. The number of carbonyl (C=O) groups excluding carboxylic acids is 2. The Morgan fingerprint density at radius 1 is 1.08 bits per heavy atom. The number of rotatable bonds is 4. The highest BCUT2D eigenvalue weighted by atomic mass is 35.5. The fraction of sp³-hybridized carbons (Fsp3) is 0.0588. The summed E-state index contributed by atoms with van der Waals surface area (Å²) >= 11 is 5.83. The summed E-state index contributed by atoms with van der Waals surface area (Å²) in [5.74, 6) is -2.84. The minimum atomic E-state index is -1.04. The van der Waals surface area contributed by atoms with E-state index in [0.717, 1.165) is 5.56 Å². The van der Waals surface area contributed by atoms with Crippen molar-refractivity contribution in [2.75, 3.05) is 5.32 Å². The van der Waals surface area contributed by atoms with Crippen LogP contribution >= 0.6 is 11.6 Å². The van der Waals surface area contributed by atoms with Gasteiger partial charge in [-0.25, -0.2) is 10.2 Å². The van der Waals surface area contributed by atoms with Crippen LogP contribution in [0.15, 0.2) is 47.6 Å². The molecular weight excluding hydrogens is 346 g/mol. The molecule has 8 heteroatoms. The average molecular weight is 360 g/mol. The fourth-order valence-corrected chi connectivity index (χ4v) is 2.10. The van der Waals surface area contributed by atoms with Crippen LogP contribution in [0.25, 0.3) is 0 Å². The van der Waals surface area contributed by atoms with E-state index in [4.69, 9.17) is 16.7 Å². The minimum absolute atomic E-state index is 0.138. The number of benzene rings is 2. The summed E-state index contributed by atoms with van der Waals surface area (Å²) in [6.07, 6.45) is 1.30. The van der Waals surface area contributed by atoms with Crippen molar-refractivity contribution < 1.29 is 19.5 Å². The van der Waals surface area contributed by atoms with Crippen LogP contribution in [-0.4, -0.2) is 29.1 Å². The van der Waals surface area contributed by atoms with Crippen molar-refractivity contribution in [2.45, 2.75) is 6.92 Å². The lowest BCUT2D eigenvalue weighted by Crippen LogP contribution is -2.32. The number of carbonyl (C=O) groups is 3. The summed E-state index contributed by atoms with van der Waals surface area (Å²) in [5, 5.41) is 15.4. The SMILES string of the molecule is Cc1cc(Cl)ccc1NC(=O)C(=O)N/N=C/c1ccc(C(=O)O)cc1. The Bertz CT molecular complexity index is 847. The zero-order valence-corrected chi connectivity index (χ0v) is 13.9. The molecule has 0 spiro atoms. The third kappa shape index (κ3) is 5.15. The van der Waals surface area contributed by atoms with Gasteiger partial charge in [-0.2, -0.15) is 5.10 Å². The summed E-state index contributed by atoms with van der Waals surface area (Å²) in [5.41, 5.74) is 3.99. The lowest BCUT2D eigenvalue weighted by atomic mass is 10.1. The number of halogens is 1. The number of carboxylic acid groups (broad SMARTS) is 1. The van der Waals surface area contributed by atoms with Gasteiger partial charge in [-0.3, -0.25) is 9.59 Å². The molecule has 0 aliphatic rings. The van der Waals surface area contributed by atoms with Gasteiger partial charge in [-0.15, -0.1) is 0 Å². The Morgan fingerprint density at radius 3 is 2.36 bits per heavy atom. The Balaban J connectivity index is 1.92. The van der Waals surface area contributed by atoms with E-state index >= 15 is 0 Å².